The zero-order valence-electron chi connectivity index (χ0n) is 20.4. The monoisotopic (exact) mass is 623 g/mol. The van der Waals surface area contributed by atoms with E-state index in [1.54, 1.807) is 16.8 Å². The molecule has 0 bridgehead atoms. The highest BCUT2D eigenvalue weighted by molar-refractivity contribution is 9.11. The van der Waals surface area contributed by atoms with E-state index in [4.69, 9.17) is 4.99 Å². The highest BCUT2D eigenvalue weighted by Crippen LogP contribution is 2.48. The summed E-state index contributed by atoms with van der Waals surface area (Å²) in [6.45, 7) is 8.16. The molecule has 1 saturated heterocycles. The molecule has 2 amide bonds. The predicted octanol–water partition coefficient (Wildman–Crippen LogP) is 7.60. The van der Waals surface area contributed by atoms with Crippen LogP contribution in [0.3, 0.4) is 0 Å². The van der Waals surface area contributed by atoms with Gasteiger partial charge in [0.2, 0.25) is 0 Å². The van der Waals surface area contributed by atoms with E-state index in [0.29, 0.717) is 21.2 Å². The minimum Gasteiger partial charge on any atom is -0.310 e. The van der Waals surface area contributed by atoms with E-state index in [-0.39, 0.29) is 11.8 Å². The predicted molar refractivity (Wildman–Crippen MR) is 156 cm³/mol. The number of aliphatic imine (C=N–C) groups is 1. The lowest BCUT2D eigenvalue weighted by Gasteiger charge is -2.17. The SMILES string of the molecule is Cc1ccc(N=C2S/C(=C3\C(=O)N(C)c4c(Br)cc(Br)cc43)C(=O)N2c2ccc(C)c(C)c2)cc1C. The molecule has 3 aromatic carbocycles. The summed E-state index contributed by atoms with van der Waals surface area (Å²) in [5.41, 5.74) is 7.85. The van der Waals surface area contributed by atoms with Crippen molar-refractivity contribution in [3.8, 4) is 0 Å². The van der Waals surface area contributed by atoms with Gasteiger partial charge in [-0.05, 0) is 114 Å². The van der Waals surface area contributed by atoms with Gasteiger partial charge in [0.1, 0.15) is 0 Å². The summed E-state index contributed by atoms with van der Waals surface area (Å²) < 4.78 is 1.60. The van der Waals surface area contributed by atoms with Crippen LogP contribution in [-0.4, -0.2) is 24.0 Å². The highest BCUT2D eigenvalue weighted by atomic mass is 79.9. The number of thioether (sulfide) groups is 1. The molecule has 8 heteroatoms. The quantitative estimate of drug-likeness (QED) is 0.276. The lowest BCUT2D eigenvalue weighted by molar-refractivity contribution is -0.115. The molecule has 0 unspecified atom stereocenters. The number of rotatable bonds is 2. The van der Waals surface area contributed by atoms with E-state index < -0.39 is 0 Å². The molecule has 5 nitrogen and oxygen atoms in total. The number of amides is 2. The molecule has 5 rings (SSSR count). The van der Waals surface area contributed by atoms with Crippen molar-refractivity contribution >= 4 is 83.2 Å². The van der Waals surface area contributed by atoms with Crippen molar-refractivity contribution in [1.82, 2.24) is 0 Å². The second kappa shape index (κ2) is 9.32. The smallest absolute Gasteiger partial charge is 0.272 e. The molecule has 0 N–H and O–H groups in total. The van der Waals surface area contributed by atoms with Crippen LogP contribution in [0, 0.1) is 27.7 Å². The van der Waals surface area contributed by atoms with Crippen molar-refractivity contribution in [2.24, 2.45) is 4.99 Å². The van der Waals surface area contributed by atoms with Gasteiger partial charge in [0.05, 0.1) is 27.5 Å². The fourth-order valence-corrected chi connectivity index (χ4v) is 6.88. The number of aryl methyl sites for hydroxylation is 4. The van der Waals surface area contributed by atoms with Gasteiger partial charge < -0.3 is 4.90 Å². The van der Waals surface area contributed by atoms with Crippen LogP contribution in [0.2, 0.25) is 0 Å². The number of hydrogen-bond donors (Lipinski definition) is 0. The Kier molecular flexibility index (Phi) is 6.47. The van der Waals surface area contributed by atoms with Gasteiger partial charge in [0.25, 0.3) is 11.8 Å². The topological polar surface area (TPSA) is 53.0 Å². The molecule has 3 aromatic rings. The van der Waals surface area contributed by atoms with Crippen molar-refractivity contribution in [2.45, 2.75) is 27.7 Å². The van der Waals surface area contributed by atoms with Crippen LogP contribution in [0.5, 0.6) is 0 Å². The van der Waals surface area contributed by atoms with E-state index in [2.05, 4.69) is 38.8 Å². The molecule has 36 heavy (non-hydrogen) atoms. The first kappa shape index (κ1) is 25.0. The van der Waals surface area contributed by atoms with Crippen LogP contribution in [-0.2, 0) is 9.59 Å². The Morgan fingerprint density at radius 2 is 1.47 bits per heavy atom. The number of halogens is 2. The van der Waals surface area contributed by atoms with Crippen molar-refractivity contribution in [2.75, 3.05) is 16.8 Å². The summed E-state index contributed by atoms with van der Waals surface area (Å²) in [6.07, 6.45) is 0. The third kappa shape index (κ3) is 4.15. The number of anilines is 2. The maximum atomic E-state index is 14.0. The minimum atomic E-state index is -0.258. The summed E-state index contributed by atoms with van der Waals surface area (Å²) in [7, 11) is 1.72. The van der Waals surface area contributed by atoms with Gasteiger partial charge in [-0.3, -0.25) is 14.5 Å². The maximum Gasteiger partial charge on any atom is 0.272 e. The molecule has 0 aromatic heterocycles. The minimum absolute atomic E-state index is 0.216. The fourth-order valence-electron chi connectivity index (χ4n) is 4.30. The average molecular weight is 625 g/mol. The summed E-state index contributed by atoms with van der Waals surface area (Å²) in [4.78, 5) is 35.9. The van der Waals surface area contributed by atoms with Gasteiger partial charge in [-0.15, -0.1) is 0 Å². The lowest BCUT2D eigenvalue weighted by Crippen LogP contribution is -2.29. The van der Waals surface area contributed by atoms with Crippen LogP contribution in [0.25, 0.3) is 5.57 Å². The van der Waals surface area contributed by atoms with Gasteiger partial charge in [0.15, 0.2) is 5.17 Å². The second-order valence-electron chi connectivity index (χ2n) is 9.03. The van der Waals surface area contributed by atoms with Gasteiger partial charge in [-0.2, -0.15) is 0 Å². The summed E-state index contributed by atoms with van der Waals surface area (Å²) >= 11 is 8.35. The zero-order chi connectivity index (χ0) is 25.9. The number of likely N-dealkylation sites (N-methyl/N-ethyl adjacent to an activating group) is 1. The summed E-state index contributed by atoms with van der Waals surface area (Å²) in [6, 6.07) is 15.7. The first-order valence-corrected chi connectivity index (χ1v) is 13.7. The van der Waals surface area contributed by atoms with Gasteiger partial charge in [-0.25, -0.2) is 4.99 Å². The highest BCUT2D eigenvalue weighted by Gasteiger charge is 2.43. The first-order valence-electron chi connectivity index (χ1n) is 11.3. The molecule has 2 heterocycles. The maximum absolute atomic E-state index is 14.0. The molecule has 0 spiro atoms. The van der Waals surface area contributed by atoms with E-state index in [9.17, 15) is 9.59 Å². The standard InChI is InChI=1S/C28H23Br2N3O2S/c1-14-6-8-19(10-16(14)3)31-28-33(20-9-7-15(2)17(4)11-20)27(35)25(36-28)23-21-12-18(29)13-22(30)24(21)32(5)26(23)34/h6-13H,1-5H3/b25-23-,31-28?. The molecule has 0 aliphatic carbocycles. The Hall–Kier alpha value is -2.68. The molecule has 2 aliphatic heterocycles. The van der Waals surface area contributed by atoms with Gasteiger partial charge in [-0.1, -0.05) is 28.1 Å². The number of carbonyl (C=O) groups excluding carboxylic acids is 2. The third-order valence-electron chi connectivity index (χ3n) is 6.62. The molecule has 0 saturated carbocycles. The zero-order valence-corrected chi connectivity index (χ0v) is 24.4. The fraction of sp³-hybridized carbons (Fsp3) is 0.179. The largest absolute Gasteiger partial charge is 0.310 e. The van der Waals surface area contributed by atoms with E-state index in [0.717, 1.165) is 42.7 Å². The molecular weight excluding hydrogens is 602 g/mol. The average Bonchev–Trinajstić information content (AvgIpc) is 3.25. The number of carbonyl (C=O) groups is 2. The number of hydrogen-bond acceptors (Lipinski definition) is 4. The van der Waals surface area contributed by atoms with Crippen molar-refractivity contribution in [3.05, 3.63) is 90.2 Å². The number of fused-ring (bicyclic) bond motifs is 1. The van der Waals surface area contributed by atoms with E-state index >= 15 is 0 Å². The van der Waals surface area contributed by atoms with Crippen molar-refractivity contribution in [3.63, 3.8) is 0 Å². The number of amidine groups is 1. The third-order valence-corrected chi connectivity index (χ3v) is 8.73. The van der Waals surface area contributed by atoms with E-state index in [1.165, 1.54) is 17.3 Å². The van der Waals surface area contributed by atoms with Crippen LogP contribution in [0.1, 0.15) is 27.8 Å². The Balaban J connectivity index is 1.73. The molecule has 0 atom stereocenters. The molecule has 0 radical (unpaired) electrons. The first-order chi connectivity index (χ1) is 17.1. The second-order valence-corrected chi connectivity index (χ2v) is 11.8. The Morgan fingerprint density at radius 3 is 2.14 bits per heavy atom. The number of benzene rings is 3. The normalized spacial score (nSPS) is 18.6. The lowest BCUT2D eigenvalue weighted by atomic mass is 10.1. The Labute approximate surface area is 231 Å². The van der Waals surface area contributed by atoms with Gasteiger partial charge in [0, 0.05) is 21.6 Å². The summed E-state index contributed by atoms with van der Waals surface area (Å²) in [5.74, 6) is -0.473. The van der Waals surface area contributed by atoms with Crippen LogP contribution < -0.4 is 9.80 Å². The van der Waals surface area contributed by atoms with Crippen LogP contribution in [0.4, 0.5) is 17.1 Å². The summed E-state index contributed by atoms with van der Waals surface area (Å²) in [5, 5.41) is 0.520. The van der Waals surface area contributed by atoms with Crippen molar-refractivity contribution < 1.29 is 9.59 Å². The van der Waals surface area contributed by atoms with E-state index in [1.807, 2.05) is 69.3 Å². The van der Waals surface area contributed by atoms with Crippen molar-refractivity contribution in [1.29, 1.82) is 0 Å². The van der Waals surface area contributed by atoms with Gasteiger partial charge >= 0.3 is 0 Å². The molecule has 182 valence electrons. The Bertz CT molecular complexity index is 1540. The van der Waals surface area contributed by atoms with Crippen LogP contribution in [0.15, 0.2) is 67.4 Å². The van der Waals surface area contributed by atoms with Crippen LogP contribution >= 0.6 is 43.6 Å². The Morgan fingerprint density at radius 1 is 0.806 bits per heavy atom. The number of nitrogens with zero attached hydrogens (tertiary/aromatic N) is 3. The molecule has 2 aliphatic rings. The molecule has 1 fully saturated rings. The molecular formula is C28H23Br2N3O2S.